The topological polar surface area (TPSA) is 68.1 Å². The number of carbonyl (C=O) groups is 1. The van der Waals surface area contributed by atoms with Crippen molar-refractivity contribution in [2.45, 2.75) is 65.1 Å². The Bertz CT molecular complexity index is 633. The molecule has 1 aromatic rings. The van der Waals surface area contributed by atoms with Gasteiger partial charge in [-0.3, -0.25) is 0 Å². The fourth-order valence-electron chi connectivity index (χ4n) is 3.50. The number of nitrogens with zero attached hydrogens (tertiary/aromatic N) is 1. The van der Waals surface area contributed by atoms with Crippen molar-refractivity contribution in [2.75, 3.05) is 6.61 Å². The minimum Gasteiger partial charge on any atom is -0.463 e. The molecule has 0 aromatic heterocycles. The fourth-order valence-corrected chi connectivity index (χ4v) is 3.50. The van der Waals surface area contributed by atoms with Gasteiger partial charge in [-0.2, -0.15) is 0 Å². The first kappa shape index (κ1) is 21.2. The molecular weight excluding hydrogens is 342 g/mol. The van der Waals surface area contributed by atoms with Crippen LogP contribution < -0.4 is 0 Å². The van der Waals surface area contributed by atoms with Crippen molar-refractivity contribution < 1.29 is 19.5 Å². The molecule has 0 saturated heterocycles. The Morgan fingerprint density at radius 1 is 1.22 bits per heavy atom. The van der Waals surface area contributed by atoms with E-state index in [2.05, 4.69) is 5.16 Å². The predicted molar refractivity (Wildman–Crippen MR) is 106 cm³/mol. The molecule has 1 unspecified atom stereocenters. The molecule has 1 aromatic carbocycles. The molecule has 1 fully saturated rings. The Kier molecular flexibility index (Phi) is 9.05. The van der Waals surface area contributed by atoms with Crippen LogP contribution in [0, 0.1) is 5.92 Å². The van der Waals surface area contributed by atoms with Crippen LogP contribution in [0.2, 0.25) is 0 Å². The minimum absolute atomic E-state index is 0.144. The Labute approximate surface area is 162 Å². The number of aliphatic hydroxyl groups is 1. The number of oxime groups is 1. The van der Waals surface area contributed by atoms with Crippen molar-refractivity contribution in [3.05, 3.63) is 47.0 Å². The highest BCUT2D eigenvalue weighted by Gasteiger charge is 2.28. The summed E-state index contributed by atoms with van der Waals surface area (Å²) in [4.78, 5) is 17.8. The summed E-state index contributed by atoms with van der Waals surface area (Å²) in [6, 6.07) is 9.74. The molecule has 5 heteroatoms. The van der Waals surface area contributed by atoms with E-state index in [4.69, 9.17) is 9.57 Å². The number of hydrogen-bond donors (Lipinski definition) is 1. The lowest BCUT2D eigenvalue weighted by atomic mass is 9.81. The van der Waals surface area contributed by atoms with Gasteiger partial charge in [0.25, 0.3) is 0 Å². The molecule has 0 radical (unpaired) electrons. The van der Waals surface area contributed by atoms with E-state index < -0.39 is 6.10 Å². The molecule has 148 valence electrons. The molecule has 27 heavy (non-hydrogen) atoms. The molecule has 2 rings (SSSR count). The highest BCUT2D eigenvalue weighted by Crippen LogP contribution is 2.30. The highest BCUT2D eigenvalue weighted by atomic mass is 16.6. The Morgan fingerprint density at radius 3 is 2.56 bits per heavy atom. The zero-order valence-electron chi connectivity index (χ0n) is 16.4. The van der Waals surface area contributed by atoms with Crippen LogP contribution in [0.15, 0.2) is 46.6 Å². The predicted octanol–water partition coefficient (Wildman–Crippen LogP) is 4.40. The Hall–Kier alpha value is -2.14. The van der Waals surface area contributed by atoms with Crippen LogP contribution in [0.4, 0.5) is 0 Å². The van der Waals surface area contributed by atoms with E-state index in [-0.39, 0.29) is 11.9 Å². The van der Waals surface area contributed by atoms with E-state index in [0.717, 1.165) is 31.2 Å². The van der Waals surface area contributed by atoms with Crippen molar-refractivity contribution in [3.8, 4) is 0 Å². The third-order valence-corrected chi connectivity index (χ3v) is 4.98. The quantitative estimate of drug-likeness (QED) is 0.301. The molecule has 1 atom stereocenters. The second kappa shape index (κ2) is 11.5. The summed E-state index contributed by atoms with van der Waals surface area (Å²) >= 11 is 0. The number of rotatable bonds is 9. The maximum absolute atomic E-state index is 12.4. The molecule has 0 spiro atoms. The standard InChI is InChI=1S/C22H31NO4/c1-3-19(22(25)26-4-2)20(21(24)18-13-9-6-10-14-18)15-23-27-16-17-11-7-5-8-12-17/h5,7-8,11-12,15,18,21,24H,3-4,6,9-10,13-14,16H2,1-2H3/b20-19+,23-15+. The fraction of sp³-hybridized carbons (Fsp3) is 0.545. The van der Waals surface area contributed by atoms with Gasteiger partial charge in [-0.1, -0.05) is 61.7 Å². The average Bonchev–Trinajstić information content (AvgIpc) is 2.71. The van der Waals surface area contributed by atoms with Gasteiger partial charge in [0, 0.05) is 11.1 Å². The summed E-state index contributed by atoms with van der Waals surface area (Å²) in [7, 11) is 0. The molecule has 0 aliphatic heterocycles. The molecule has 5 nitrogen and oxygen atoms in total. The monoisotopic (exact) mass is 373 g/mol. The second-order valence-corrected chi connectivity index (χ2v) is 6.84. The van der Waals surface area contributed by atoms with Crippen LogP contribution in [-0.4, -0.2) is 30.0 Å². The van der Waals surface area contributed by atoms with Crippen molar-refractivity contribution in [1.82, 2.24) is 0 Å². The summed E-state index contributed by atoms with van der Waals surface area (Å²) in [5.74, 6) is -0.246. The summed E-state index contributed by atoms with van der Waals surface area (Å²) in [5.41, 5.74) is 2.01. The zero-order chi connectivity index (χ0) is 19.5. The van der Waals surface area contributed by atoms with Crippen LogP contribution in [-0.2, 0) is 21.0 Å². The number of carbonyl (C=O) groups excluding carboxylic acids is 1. The Morgan fingerprint density at radius 2 is 1.93 bits per heavy atom. The summed E-state index contributed by atoms with van der Waals surface area (Å²) in [6.07, 6.45) is 6.59. The molecular formula is C22H31NO4. The van der Waals surface area contributed by atoms with Crippen molar-refractivity contribution in [3.63, 3.8) is 0 Å². The van der Waals surface area contributed by atoms with E-state index >= 15 is 0 Å². The van der Waals surface area contributed by atoms with Gasteiger partial charge in [0.15, 0.2) is 0 Å². The van der Waals surface area contributed by atoms with Crippen LogP contribution in [0.3, 0.4) is 0 Å². The van der Waals surface area contributed by atoms with Gasteiger partial charge in [-0.05, 0) is 37.7 Å². The minimum atomic E-state index is -0.728. The smallest absolute Gasteiger partial charge is 0.334 e. The summed E-state index contributed by atoms with van der Waals surface area (Å²) in [6.45, 7) is 4.31. The number of ether oxygens (including phenoxy) is 1. The average molecular weight is 373 g/mol. The number of esters is 1. The molecule has 1 N–H and O–H groups in total. The lowest BCUT2D eigenvalue weighted by Crippen LogP contribution is -2.28. The Balaban J connectivity index is 2.16. The normalized spacial score (nSPS) is 17.4. The van der Waals surface area contributed by atoms with E-state index in [0.29, 0.717) is 30.8 Å². The van der Waals surface area contributed by atoms with E-state index in [9.17, 15) is 9.90 Å². The number of aliphatic hydroxyl groups excluding tert-OH is 1. The number of benzene rings is 1. The molecule has 1 aliphatic rings. The van der Waals surface area contributed by atoms with Crippen LogP contribution in [0.1, 0.15) is 57.9 Å². The second-order valence-electron chi connectivity index (χ2n) is 6.84. The van der Waals surface area contributed by atoms with Gasteiger partial charge in [-0.15, -0.1) is 0 Å². The highest BCUT2D eigenvalue weighted by molar-refractivity contribution is 5.97. The molecule has 1 saturated carbocycles. The number of hydrogen-bond acceptors (Lipinski definition) is 5. The van der Waals surface area contributed by atoms with Gasteiger partial charge in [0.2, 0.25) is 0 Å². The van der Waals surface area contributed by atoms with Gasteiger partial charge in [0.05, 0.1) is 18.9 Å². The molecule has 1 aliphatic carbocycles. The third-order valence-electron chi connectivity index (χ3n) is 4.98. The summed E-state index contributed by atoms with van der Waals surface area (Å²) in [5, 5.41) is 15.0. The lowest BCUT2D eigenvalue weighted by Gasteiger charge is -2.28. The van der Waals surface area contributed by atoms with E-state index in [1.807, 2.05) is 37.3 Å². The van der Waals surface area contributed by atoms with Crippen molar-refractivity contribution in [2.24, 2.45) is 11.1 Å². The van der Waals surface area contributed by atoms with E-state index in [1.54, 1.807) is 6.92 Å². The SMILES string of the molecule is CCOC(=O)/C(CC)=C(\C=N\OCc1ccccc1)C(O)C1CCCCC1. The first-order valence-electron chi connectivity index (χ1n) is 9.94. The van der Waals surface area contributed by atoms with Crippen LogP contribution in [0.25, 0.3) is 0 Å². The van der Waals surface area contributed by atoms with Gasteiger partial charge in [-0.25, -0.2) is 4.79 Å². The first-order chi connectivity index (χ1) is 13.2. The van der Waals surface area contributed by atoms with Gasteiger partial charge < -0.3 is 14.7 Å². The largest absolute Gasteiger partial charge is 0.463 e. The lowest BCUT2D eigenvalue weighted by molar-refractivity contribution is -0.138. The zero-order valence-corrected chi connectivity index (χ0v) is 16.4. The first-order valence-corrected chi connectivity index (χ1v) is 9.94. The maximum atomic E-state index is 12.4. The maximum Gasteiger partial charge on any atom is 0.334 e. The van der Waals surface area contributed by atoms with E-state index in [1.165, 1.54) is 12.6 Å². The summed E-state index contributed by atoms with van der Waals surface area (Å²) < 4.78 is 5.18. The van der Waals surface area contributed by atoms with Crippen LogP contribution in [0.5, 0.6) is 0 Å². The van der Waals surface area contributed by atoms with Crippen molar-refractivity contribution >= 4 is 12.2 Å². The molecule has 0 amide bonds. The molecule has 0 bridgehead atoms. The van der Waals surface area contributed by atoms with Gasteiger partial charge in [0.1, 0.15) is 6.61 Å². The van der Waals surface area contributed by atoms with Crippen LogP contribution >= 0.6 is 0 Å². The van der Waals surface area contributed by atoms with Gasteiger partial charge >= 0.3 is 5.97 Å². The molecule has 0 heterocycles. The third kappa shape index (κ3) is 6.51. The van der Waals surface area contributed by atoms with Crippen molar-refractivity contribution in [1.29, 1.82) is 0 Å².